The lowest BCUT2D eigenvalue weighted by atomic mass is 9.89. The maximum atomic E-state index is 10.6. The first-order valence-corrected chi connectivity index (χ1v) is 12.4. The third-order valence-corrected chi connectivity index (χ3v) is 6.43. The number of hydrogen-bond acceptors (Lipinski definition) is 7. The Kier molecular flexibility index (Phi) is 14.1. The SMILES string of the molecule is CO[C@H]1CCN(CC2CC2)[C@@H]2CN(Cc3ccncc3)C[C@H]12.O=C(O)C(F)(F)F.O=C(O)C(F)(F)F.O=C(O)C(F)(F)F. The monoisotopic (exact) mass is 643 g/mol. The Hall–Kier alpha value is -3.19. The average Bonchev–Trinajstić information content (AvgIpc) is 3.60. The molecule has 3 fully saturated rings. The summed E-state index contributed by atoms with van der Waals surface area (Å²) in [6.07, 6.45) is -6.91. The van der Waals surface area contributed by atoms with E-state index in [4.69, 9.17) is 34.4 Å². The van der Waals surface area contributed by atoms with E-state index in [1.54, 1.807) is 0 Å². The standard InChI is InChI=1S/C18H27N3O.3C2HF3O2/c1-22-18-6-9-21(11-14-2-3-14)17-13-20(12-16(17)18)10-15-4-7-19-8-5-15;3*3-2(4,5)1(6)7/h4-5,7-8,14,16-18H,2-3,6,9-13H2,1H3;3*(H,6,7)/t16-,17+,18-;;;/m0.../s1. The highest BCUT2D eigenvalue weighted by molar-refractivity contribution is 5.73. The first-order valence-electron chi connectivity index (χ1n) is 12.4. The van der Waals surface area contributed by atoms with Crippen LogP contribution in [-0.4, -0.2) is 112 Å². The molecule has 2 saturated heterocycles. The number of aliphatic carboxylic acids is 3. The van der Waals surface area contributed by atoms with Gasteiger partial charge >= 0.3 is 36.4 Å². The van der Waals surface area contributed by atoms with Gasteiger partial charge in [-0.05, 0) is 42.9 Å². The molecule has 19 heteroatoms. The van der Waals surface area contributed by atoms with Gasteiger partial charge in [0.2, 0.25) is 0 Å². The van der Waals surface area contributed by atoms with Crippen LogP contribution in [0.5, 0.6) is 0 Å². The molecule has 0 unspecified atom stereocenters. The molecule has 43 heavy (non-hydrogen) atoms. The summed E-state index contributed by atoms with van der Waals surface area (Å²) in [4.78, 5) is 36.2. The fraction of sp³-hybridized carbons (Fsp3) is 0.667. The van der Waals surface area contributed by atoms with E-state index in [2.05, 4.69) is 26.9 Å². The number of aromatic nitrogens is 1. The lowest BCUT2D eigenvalue weighted by molar-refractivity contribution is -0.193. The predicted molar refractivity (Wildman–Crippen MR) is 128 cm³/mol. The van der Waals surface area contributed by atoms with Crippen molar-refractivity contribution in [1.82, 2.24) is 14.8 Å². The Morgan fingerprint density at radius 3 is 1.65 bits per heavy atom. The van der Waals surface area contributed by atoms with Gasteiger partial charge in [0.05, 0.1) is 6.10 Å². The number of ether oxygens (including phenoxy) is 1. The molecule has 3 N–H and O–H groups in total. The minimum atomic E-state index is -5.08. The average molecular weight is 644 g/mol. The third-order valence-electron chi connectivity index (χ3n) is 6.43. The van der Waals surface area contributed by atoms with Gasteiger partial charge in [0.15, 0.2) is 0 Å². The summed E-state index contributed by atoms with van der Waals surface area (Å²) in [5.74, 6) is -6.61. The molecule has 0 aromatic carbocycles. The minimum absolute atomic E-state index is 0.447. The van der Waals surface area contributed by atoms with Crippen LogP contribution in [-0.2, 0) is 25.7 Å². The second-order valence-corrected chi connectivity index (χ2v) is 9.69. The van der Waals surface area contributed by atoms with Crippen LogP contribution in [0.15, 0.2) is 24.5 Å². The van der Waals surface area contributed by atoms with E-state index in [0.717, 1.165) is 12.5 Å². The van der Waals surface area contributed by atoms with Gasteiger partial charge in [-0.25, -0.2) is 14.4 Å². The number of hydrogen-bond donors (Lipinski definition) is 3. The van der Waals surface area contributed by atoms with Gasteiger partial charge in [-0.1, -0.05) is 0 Å². The summed E-state index contributed by atoms with van der Waals surface area (Å²) in [6, 6.07) is 4.97. The Bertz CT molecular complexity index is 979. The Labute approximate surface area is 239 Å². The highest BCUT2D eigenvalue weighted by Gasteiger charge is 2.45. The number of halogens is 9. The fourth-order valence-electron chi connectivity index (χ4n) is 4.35. The van der Waals surface area contributed by atoms with E-state index in [1.807, 2.05) is 19.5 Å². The van der Waals surface area contributed by atoms with E-state index in [1.165, 1.54) is 51.0 Å². The number of piperidine rings is 1. The first kappa shape index (κ1) is 37.8. The summed E-state index contributed by atoms with van der Waals surface area (Å²) in [6.45, 7) is 5.95. The van der Waals surface area contributed by atoms with E-state index in [9.17, 15) is 39.5 Å². The van der Waals surface area contributed by atoms with E-state index < -0.39 is 36.4 Å². The highest BCUT2D eigenvalue weighted by atomic mass is 19.4. The highest BCUT2D eigenvalue weighted by Crippen LogP contribution is 2.37. The van der Waals surface area contributed by atoms with Crippen molar-refractivity contribution in [3.8, 4) is 0 Å². The third kappa shape index (κ3) is 14.2. The fourth-order valence-corrected chi connectivity index (χ4v) is 4.35. The summed E-state index contributed by atoms with van der Waals surface area (Å²) < 4.78 is 101. The van der Waals surface area contributed by atoms with Gasteiger partial charge < -0.3 is 20.1 Å². The summed E-state index contributed by atoms with van der Waals surface area (Å²) in [7, 11) is 1.89. The van der Waals surface area contributed by atoms with E-state index in [0.29, 0.717) is 18.1 Å². The van der Waals surface area contributed by atoms with Crippen molar-refractivity contribution in [2.75, 3.05) is 33.3 Å². The zero-order valence-electron chi connectivity index (χ0n) is 22.5. The molecular formula is C24H30F9N3O7. The number of carboxylic acid groups (broad SMARTS) is 3. The number of likely N-dealkylation sites (tertiary alicyclic amines) is 2. The van der Waals surface area contributed by atoms with E-state index in [-0.39, 0.29) is 0 Å². The van der Waals surface area contributed by atoms with Crippen molar-refractivity contribution >= 4 is 17.9 Å². The van der Waals surface area contributed by atoms with Gasteiger partial charge in [-0.15, -0.1) is 0 Å². The van der Waals surface area contributed by atoms with Gasteiger partial charge in [0.1, 0.15) is 0 Å². The molecule has 0 spiro atoms. The molecule has 1 aromatic rings. The zero-order valence-corrected chi connectivity index (χ0v) is 22.5. The molecular weight excluding hydrogens is 613 g/mol. The smallest absolute Gasteiger partial charge is 0.475 e. The summed E-state index contributed by atoms with van der Waals surface area (Å²) in [5.41, 5.74) is 1.37. The summed E-state index contributed by atoms with van der Waals surface area (Å²) in [5, 5.41) is 21.4. The first-order chi connectivity index (χ1) is 19.7. The largest absolute Gasteiger partial charge is 0.490 e. The molecule has 1 saturated carbocycles. The van der Waals surface area contributed by atoms with Crippen molar-refractivity contribution in [2.24, 2.45) is 11.8 Å². The van der Waals surface area contributed by atoms with Crippen LogP contribution in [0.3, 0.4) is 0 Å². The lowest BCUT2D eigenvalue weighted by Gasteiger charge is -2.41. The van der Waals surface area contributed by atoms with Gasteiger partial charge in [-0.3, -0.25) is 14.8 Å². The van der Waals surface area contributed by atoms with Crippen LogP contribution < -0.4 is 0 Å². The van der Waals surface area contributed by atoms with Crippen molar-refractivity contribution in [1.29, 1.82) is 0 Å². The van der Waals surface area contributed by atoms with Crippen molar-refractivity contribution in [3.63, 3.8) is 0 Å². The summed E-state index contributed by atoms with van der Waals surface area (Å²) >= 11 is 0. The normalized spacial score (nSPS) is 22.4. The topological polar surface area (TPSA) is 140 Å². The molecule has 246 valence electrons. The van der Waals surface area contributed by atoms with Crippen LogP contribution in [0.2, 0.25) is 0 Å². The molecule has 3 aliphatic rings. The van der Waals surface area contributed by atoms with Gasteiger partial charge in [-0.2, -0.15) is 39.5 Å². The molecule has 10 nitrogen and oxygen atoms in total. The number of methoxy groups -OCH3 is 1. The van der Waals surface area contributed by atoms with Crippen LogP contribution in [0.1, 0.15) is 24.8 Å². The molecule has 3 heterocycles. The number of fused-ring (bicyclic) bond motifs is 1. The Morgan fingerprint density at radius 1 is 0.837 bits per heavy atom. The molecule has 0 amide bonds. The van der Waals surface area contributed by atoms with E-state index >= 15 is 0 Å². The van der Waals surface area contributed by atoms with Crippen LogP contribution >= 0.6 is 0 Å². The number of rotatable bonds is 5. The van der Waals surface area contributed by atoms with Crippen molar-refractivity contribution in [2.45, 2.75) is 56.5 Å². The van der Waals surface area contributed by atoms with Gasteiger partial charge in [0.25, 0.3) is 0 Å². The predicted octanol–water partition coefficient (Wildman–Crippen LogP) is 3.91. The molecule has 4 rings (SSSR count). The van der Waals surface area contributed by atoms with Crippen LogP contribution in [0.4, 0.5) is 39.5 Å². The second-order valence-electron chi connectivity index (χ2n) is 9.69. The minimum Gasteiger partial charge on any atom is -0.475 e. The Balaban J connectivity index is 0.000000363. The van der Waals surface area contributed by atoms with Crippen molar-refractivity contribution in [3.05, 3.63) is 30.1 Å². The Morgan fingerprint density at radius 2 is 1.28 bits per heavy atom. The molecule has 3 atom stereocenters. The molecule has 1 aromatic heterocycles. The van der Waals surface area contributed by atoms with Gasteiger partial charge in [0, 0.05) is 64.2 Å². The zero-order chi connectivity index (χ0) is 33.2. The van der Waals surface area contributed by atoms with Crippen LogP contribution in [0.25, 0.3) is 0 Å². The quantitative estimate of drug-likeness (QED) is 0.405. The lowest BCUT2D eigenvalue weighted by Crippen LogP contribution is -2.51. The molecule has 2 aliphatic heterocycles. The van der Waals surface area contributed by atoms with Crippen molar-refractivity contribution < 1.29 is 74.0 Å². The maximum absolute atomic E-state index is 10.6. The molecule has 0 bridgehead atoms. The number of carbonyl (C=O) groups is 3. The number of pyridine rings is 1. The molecule has 0 radical (unpaired) electrons. The number of alkyl halides is 9. The second kappa shape index (κ2) is 16.0. The molecule has 1 aliphatic carbocycles. The van der Waals surface area contributed by atoms with Crippen LogP contribution in [0, 0.1) is 11.8 Å². The maximum Gasteiger partial charge on any atom is 0.490 e. The number of carboxylic acids is 3. The number of nitrogens with zero attached hydrogens (tertiary/aromatic N) is 3.